The first-order chi connectivity index (χ1) is 9.56. The van der Waals surface area contributed by atoms with Gasteiger partial charge in [-0.2, -0.15) is 0 Å². The van der Waals surface area contributed by atoms with Crippen molar-refractivity contribution in [3.63, 3.8) is 0 Å². The van der Waals surface area contributed by atoms with Crippen molar-refractivity contribution in [3.8, 4) is 0 Å². The van der Waals surface area contributed by atoms with Gasteiger partial charge in [-0.1, -0.05) is 0 Å². The van der Waals surface area contributed by atoms with E-state index in [4.69, 9.17) is 4.74 Å². The monoisotopic (exact) mass is 283 g/mol. The maximum absolute atomic E-state index is 11.5. The summed E-state index contributed by atoms with van der Waals surface area (Å²) in [7, 11) is 3.14. The summed E-state index contributed by atoms with van der Waals surface area (Å²) in [5, 5.41) is 18.8. The van der Waals surface area contributed by atoms with E-state index in [0.29, 0.717) is 19.0 Å². The van der Waals surface area contributed by atoms with Crippen molar-refractivity contribution < 1.29 is 14.5 Å². The van der Waals surface area contributed by atoms with Gasteiger partial charge in [0.15, 0.2) is 0 Å². The summed E-state index contributed by atoms with van der Waals surface area (Å²) in [5.74, 6) is 0.355. The van der Waals surface area contributed by atoms with Crippen molar-refractivity contribution in [2.24, 2.45) is 0 Å². The van der Waals surface area contributed by atoms with Crippen LogP contribution in [-0.2, 0) is 9.53 Å². The van der Waals surface area contributed by atoms with Gasteiger partial charge in [-0.05, 0) is 0 Å². The van der Waals surface area contributed by atoms with E-state index in [1.54, 1.807) is 7.05 Å². The summed E-state index contributed by atoms with van der Waals surface area (Å²) < 4.78 is 4.80. The minimum atomic E-state index is -0.521. The number of hydrogen-bond acceptors (Lipinski definition) is 7. The lowest BCUT2D eigenvalue weighted by Crippen LogP contribution is -2.32. The van der Waals surface area contributed by atoms with E-state index in [-0.39, 0.29) is 24.0 Å². The van der Waals surface area contributed by atoms with Crippen LogP contribution in [-0.4, -0.2) is 49.7 Å². The molecule has 1 amide bonds. The number of aromatic nitrogens is 1. The minimum absolute atomic E-state index is 0.0267. The Balaban J connectivity index is 2.60. The summed E-state index contributed by atoms with van der Waals surface area (Å²) >= 11 is 0. The van der Waals surface area contributed by atoms with Gasteiger partial charge in [0.1, 0.15) is 11.6 Å². The molecule has 0 unspecified atom stereocenters. The molecule has 0 atom stereocenters. The molecule has 0 aliphatic carbocycles. The molecule has 1 aromatic rings. The van der Waals surface area contributed by atoms with Crippen LogP contribution in [0.4, 0.5) is 17.3 Å². The number of methoxy groups -OCH3 is 1. The maximum Gasteiger partial charge on any atom is 0.276 e. The van der Waals surface area contributed by atoms with Gasteiger partial charge in [-0.25, -0.2) is 4.98 Å². The topological polar surface area (TPSA) is 118 Å². The Morgan fingerprint density at radius 2 is 2.15 bits per heavy atom. The number of carbonyl (C=O) groups excluding carboxylic acids is 1. The van der Waals surface area contributed by atoms with Crippen LogP contribution in [0.3, 0.4) is 0 Å². The summed E-state index contributed by atoms with van der Waals surface area (Å²) in [4.78, 5) is 25.8. The van der Waals surface area contributed by atoms with Gasteiger partial charge >= 0.3 is 0 Å². The largest absolute Gasteiger partial charge is 0.383 e. The van der Waals surface area contributed by atoms with Crippen molar-refractivity contribution in [2.75, 3.05) is 44.5 Å². The summed E-state index contributed by atoms with van der Waals surface area (Å²) in [5.41, 5.74) is -0.105. The number of carbonyl (C=O) groups is 1. The van der Waals surface area contributed by atoms with Gasteiger partial charge in [-0.15, -0.1) is 0 Å². The van der Waals surface area contributed by atoms with Gasteiger partial charge in [0.2, 0.25) is 5.91 Å². The van der Waals surface area contributed by atoms with E-state index >= 15 is 0 Å². The Labute approximate surface area is 115 Å². The molecule has 0 spiro atoms. The normalized spacial score (nSPS) is 9.90. The van der Waals surface area contributed by atoms with Crippen molar-refractivity contribution in [2.45, 2.75) is 0 Å². The number of pyridine rings is 1. The lowest BCUT2D eigenvalue weighted by molar-refractivity contribution is -0.384. The fourth-order valence-corrected chi connectivity index (χ4v) is 1.37. The molecule has 1 heterocycles. The molecular formula is C11H17N5O4. The molecular weight excluding hydrogens is 266 g/mol. The molecule has 1 rings (SSSR count). The zero-order chi connectivity index (χ0) is 15.0. The fraction of sp³-hybridized carbons (Fsp3) is 0.455. The third-order valence-electron chi connectivity index (χ3n) is 2.34. The summed E-state index contributed by atoms with van der Waals surface area (Å²) in [6.45, 7) is 0.798. The highest BCUT2D eigenvalue weighted by atomic mass is 16.6. The van der Waals surface area contributed by atoms with Crippen LogP contribution in [0.1, 0.15) is 0 Å². The predicted molar refractivity (Wildman–Crippen MR) is 73.8 cm³/mol. The van der Waals surface area contributed by atoms with Crippen LogP contribution < -0.4 is 16.0 Å². The molecule has 110 valence electrons. The van der Waals surface area contributed by atoms with Gasteiger partial charge < -0.3 is 20.7 Å². The van der Waals surface area contributed by atoms with Gasteiger partial charge in [0.05, 0.1) is 30.2 Å². The molecule has 0 radical (unpaired) electrons. The number of nitrogens with zero attached hydrogens (tertiary/aromatic N) is 2. The molecule has 0 aliphatic heterocycles. The highest BCUT2D eigenvalue weighted by molar-refractivity contribution is 5.80. The second-order valence-electron chi connectivity index (χ2n) is 3.80. The van der Waals surface area contributed by atoms with Crippen molar-refractivity contribution in [1.29, 1.82) is 0 Å². The van der Waals surface area contributed by atoms with E-state index < -0.39 is 4.92 Å². The van der Waals surface area contributed by atoms with Crippen LogP contribution in [0.15, 0.2) is 12.1 Å². The van der Waals surface area contributed by atoms with Crippen LogP contribution in [0.2, 0.25) is 0 Å². The van der Waals surface area contributed by atoms with Crippen LogP contribution in [0.25, 0.3) is 0 Å². The Hall–Kier alpha value is -2.42. The van der Waals surface area contributed by atoms with Gasteiger partial charge in [0, 0.05) is 20.7 Å². The van der Waals surface area contributed by atoms with E-state index in [1.165, 1.54) is 19.2 Å². The molecule has 1 aromatic heterocycles. The van der Waals surface area contributed by atoms with Crippen molar-refractivity contribution >= 4 is 23.2 Å². The molecule has 0 aliphatic rings. The van der Waals surface area contributed by atoms with E-state index in [1.807, 2.05) is 0 Å². The molecule has 0 saturated heterocycles. The van der Waals surface area contributed by atoms with E-state index in [2.05, 4.69) is 20.9 Å². The lowest BCUT2D eigenvalue weighted by atomic mass is 10.3. The van der Waals surface area contributed by atoms with E-state index in [0.717, 1.165) is 0 Å². The Bertz CT molecular complexity index is 480. The maximum atomic E-state index is 11.5. The average molecular weight is 283 g/mol. The SMILES string of the molecule is CNc1cc([N+](=O)[O-])cc(NCC(=O)NCCOC)n1. The second-order valence-corrected chi connectivity index (χ2v) is 3.80. The Morgan fingerprint density at radius 3 is 2.75 bits per heavy atom. The Morgan fingerprint density at radius 1 is 1.45 bits per heavy atom. The minimum Gasteiger partial charge on any atom is -0.383 e. The number of anilines is 2. The summed E-state index contributed by atoms with van der Waals surface area (Å²) in [6.07, 6.45) is 0. The highest BCUT2D eigenvalue weighted by Gasteiger charge is 2.11. The van der Waals surface area contributed by atoms with Crippen molar-refractivity contribution in [1.82, 2.24) is 10.3 Å². The van der Waals surface area contributed by atoms with Crippen LogP contribution in [0.5, 0.6) is 0 Å². The lowest BCUT2D eigenvalue weighted by Gasteiger charge is -2.08. The third kappa shape index (κ3) is 5.06. The molecule has 0 saturated carbocycles. The van der Waals surface area contributed by atoms with Crippen LogP contribution >= 0.6 is 0 Å². The third-order valence-corrected chi connectivity index (χ3v) is 2.34. The Kier molecular flexibility index (Phi) is 6.17. The fourth-order valence-electron chi connectivity index (χ4n) is 1.37. The molecule has 20 heavy (non-hydrogen) atoms. The second kappa shape index (κ2) is 7.89. The van der Waals surface area contributed by atoms with E-state index in [9.17, 15) is 14.9 Å². The first-order valence-corrected chi connectivity index (χ1v) is 5.90. The zero-order valence-electron chi connectivity index (χ0n) is 11.3. The number of nitrogens with one attached hydrogen (secondary N) is 3. The summed E-state index contributed by atoms with van der Waals surface area (Å²) in [6, 6.07) is 2.58. The first kappa shape index (κ1) is 15.6. The number of amides is 1. The number of hydrogen-bond donors (Lipinski definition) is 3. The predicted octanol–water partition coefficient (Wildman–Crippen LogP) is 0.206. The number of rotatable bonds is 8. The first-order valence-electron chi connectivity index (χ1n) is 5.90. The molecule has 9 nitrogen and oxygen atoms in total. The number of ether oxygens (including phenoxy) is 1. The standard InChI is InChI=1S/C11H17N5O4/c1-12-9-5-8(16(18)19)6-10(15-9)14-7-11(17)13-3-4-20-2/h5-6H,3-4,7H2,1-2H3,(H,13,17)(H2,12,14,15). The smallest absolute Gasteiger partial charge is 0.276 e. The van der Waals surface area contributed by atoms with Crippen molar-refractivity contribution in [3.05, 3.63) is 22.2 Å². The molecule has 0 aromatic carbocycles. The highest BCUT2D eigenvalue weighted by Crippen LogP contribution is 2.19. The quantitative estimate of drug-likeness (QED) is 0.354. The molecule has 9 heteroatoms. The van der Waals surface area contributed by atoms with Gasteiger partial charge in [-0.3, -0.25) is 14.9 Å². The van der Waals surface area contributed by atoms with Crippen LogP contribution in [0, 0.1) is 10.1 Å². The zero-order valence-corrected chi connectivity index (χ0v) is 11.3. The molecule has 3 N–H and O–H groups in total. The molecule has 0 fully saturated rings. The van der Waals surface area contributed by atoms with Gasteiger partial charge in [0.25, 0.3) is 5.69 Å². The number of nitro groups is 1. The molecule has 0 bridgehead atoms. The average Bonchev–Trinajstić information content (AvgIpc) is 2.45.